The summed E-state index contributed by atoms with van der Waals surface area (Å²) in [7, 11) is 0. The van der Waals surface area contributed by atoms with E-state index in [4.69, 9.17) is 16.0 Å². The number of para-hydroxylation sites is 2. The van der Waals surface area contributed by atoms with Gasteiger partial charge in [0, 0.05) is 5.02 Å². The van der Waals surface area contributed by atoms with Crippen LogP contribution in [-0.4, -0.2) is 4.98 Å². The number of benzene rings is 2. The molecule has 102 valence electrons. The van der Waals surface area contributed by atoms with Crippen molar-refractivity contribution >= 4 is 28.4 Å². The maximum absolute atomic E-state index is 9.20. The summed E-state index contributed by atoms with van der Waals surface area (Å²) < 4.78 is 5.52. The SMILES string of the molecule is N#CC(N=Nc1ccc(Cl)cc1)c1nc2ccccc2o1. The predicted molar refractivity (Wildman–Crippen MR) is 78.3 cm³/mol. The molecule has 1 atom stereocenters. The molecule has 0 aliphatic heterocycles. The van der Waals surface area contributed by atoms with E-state index in [0.29, 0.717) is 21.8 Å². The Labute approximate surface area is 125 Å². The average molecular weight is 297 g/mol. The number of nitrogens with zero attached hydrogens (tertiary/aromatic N) is 4. The first-order valence-electron chi connectivity index (χ1n) is 6.18. The van der Waals surface area contributed by atoms with E-state index in [-0.39, 0.29) is 5.89 Å². The molecular formula is C15H9ClN4O. The molecule has 1 heterocycles. The minimum absolute atomic E-state index is 0.233. The fraction of sp³-hybridized carbons (Fsp3) is 0.0667. The molecule has 3 aromatic rings. The molecule has 5 nitrogen and oxygen atoms in total. The van der Waals surface area contributed by atoms with E-state index in [0.717, 1.165) is 0 Å². The van der Waals surface area contributed by atoms with Crippen LogP contribution in [0.5, 0.6) is 0 Å². The minimum atomic E-state index is -0.881. The monoisotopic (exact) mass is 296 g/mol. The number of fused-ring (bicyclic) bond motifs is 1. The number of rotatable bonds is 3. The normalized spacial score (nSPS) is 12.6. The molecule has 1 aromatic heterocycles. The summed E-state index contributed by atoms with van der Waals surface area (Å²) in [5.41, 5.74) is 1.92. The molecule has 0 saturated heterocycles. The summed E-state index contributed by atoms with van der Waals surface area (Å²) in [6.07, 6.45) is 0. The number of azo groups is 1. The topological polar surface area (TPSA) is 74.5 Å². The van der Waals surface area contributed by atoms with Gasteiger partial charge in [-0.3, -0.25) is 0 Å². The van der Waals surface area contributed by atoms with Crippen molar-refractivity contribution in [1.29, 1.82) is 5.26 Å². The molecule has 2 aromatic carbocycles. The standard InChI is InChI=1S/C15H9ClN4O/c16-10-5-7-11(8-6-10)19-20-13(9-17)15-18-12-3-1-2-4-14(12)21-15/h1-8,13H. The predicted octanol–water partition coefficient (Wildman–Crippen LogP) is 4.83. The van der Waals surface area contributed by atoms with Crippen molar-refractivity contribution in [2.45, 2.75) is 6.04 Å². The van der Waals surface area contributed by atoms with E-state index in [9.17, 15) is 5.26 Å². The Balaban J connectivity index is 1.88. The molecule has 1 unspecified atom stereocenters. The summed E-state index contributed by atoms with van der Waals surface area (Å²) in [5, 5.41) is 17.8. The molecular weight excluding hydrogens is 288 g/mol. The smallest absolute Gasteiger partial charge is 0.236 e. The third kappa shape index (κ3) is 2.91. The van der Waals surface area contributed by atoms with Crippen LogP contribution < -0.4 is 0 Å². The second-order valence-corrected chi connectivity index (χ2v) is 4.68. The van der Waals surface area contributed by atoms with Crippen molar-refractivity contribution in [3.63, 3.8) is 0 Å². The van der Waals surface area contributed by atoms with Crippen LogP contribution in [-0.2, 0) is 0 Å². The van der Waals surface area contributed by atoms with Gasteiger partial charge in [0.15, 0.2) is 5.58 Å². The molecule has 3 rings (SSSR count). The Bertz CT molecular complexity index is 800. The number of oxazole rings is 1. The van der Waals surface area contributed by atoms with Crippen LogP contribution in [0.3, 0.4) is 0 Å². The third-order valence-electron chi connectivity index (χ3n) is 2.78. The Hall–Kier alpha value is -2.71. The summed E-state index contributed by atoms with van der Waals surface area (Å²) >= 11 is 5.79. The van der Waals surface area contributed by atoms with E-state index >= 15 is 0 Å². The maximum Gasteiger partial charge on any atom is 0.236 e. The first-order valence-corrected chi connectivity index (χ1v) is 6.55. The fourth-order valence-corrected chi connectivity index (χ4v) is 1.90. The van der Waals surface area contributed by atoms with Gasteiger partial charge in [-0.25, -0.2) is 4.98 Å². The molecule has 6 heteroatoms. The van der Waals surface area contributed by atoms with Crippen LogP contribution in [0.1, 0.15) is 11.9 Å². The molecule has 0 saturated carbocycles. The van der Waals surface area contributed by atoms with Crippen molar-refractivity contribution in [3.05, 3.63) is 59.4 Å². The Morgan fingerprint density at radius 1 is 1.14 bits per heavy atom. The van der Waals surface area contributed by atoms with Gasteiger partial charge in [0.05, 0.1) is 5.69 Å². The Morgan fingerprint density at radius 3 is 2.62 bits per heavy atom. The lowest BCUT2D eigenvalue weighted by atomic mass is 10.3. The van der Waals surface area contributed by atoms with Gasteiger partial charge in [-0.1, -0.05) is 23.7 Å². The van der Waals surface area contributed by atoms with Gasteiger partial charge in [0.25, 0.3) is 0 Å². The van der Waals surface area contributed by atoms with Gasteiger partial charge in [-0.05, 0) is 36.4 Å². The highest BCUT2D eigenvalue weighted by Crippen LogP contribution is 2.24. The molecule has 0 aliphatic carbocycles. The lowest BCUT2D eigenvalue weighted by Crippen LogP contribution is -1.90. The number of hydrogen-bond donors (Lipinski definition) is 0. The van der Waals surface area contributed by atoms with Crippen LogP contribution in [0.2, 0.25) is 5.02 Å². The first-order chi connectivity index (χ1) is 10.3. The molecule has 21 heavy (non-hydrogen) atoms. The zero-order chi connectivity index (χ0) is 14.7. The van der Waals surface area contributed by atoms with Crippen LogP contribution >= 0.6 is 11.6 Å². The molecule has 0 fully saturated rings. The number of halogens is 1. The quantitative estimate of drug-likeness (QED) is 0.650. The van der Waals surface area contributed by atoms with Gasteiger partial charge in [0.2, 0.25) is 11.9 Å². The lowest BCUT2D eigenvalue weighted by molar-refractivity contribution is 0.508. The molecule has 0 radical (unpaired) electrons. The average Bonchev–Trinajstić information content (AvgIpc) is 2.93. The van der Waals surface area contributed by atoms with Crippen molar-refractivity contribution in [2.75, 3.05) is 0 Å². The van der Waals surface area contributed by atoms with Crippen molar-refractivity contribution in [2.24, 2.45) is 10.2 Å². The summed E-state index contributed by atoms with van der Waals surface area (Å²) in [6.45, 7) is 0. The van der Waals surface area contributed by atoms with Crippen LogP contribution in [0.15, 0.2) is 63.2 Å². The van der Waals surface area contributed by atoms with Crippen molar-refractivity contribution < 1.29 is 4.42 Å². The van der Waals surface area contributed by atoms with Crippen LogP contribution in [0, 0.1) is 11.3 Å². The number of aromatic nitrogens is 1. The first kappa shape index (κ1) is 13.3. The minimum Gasteiger partial charge on any atom is -0.437 e. The van der Waals surface area contributed by atoms with E-state index in [2.05, 4.69) is 15.2 Å². The summed E-state index contributed by atoms with van der Waals surface area (Å²) in [5.74, 6) is 0.233. The zero-order valence-electron chi connectivity index (χ0n) is 10.8. The maximum atomic E-state index is 9.20. The summed E-state index contributed by atoms with van der Waals surface area (Å²) in [6, 6.07) is 15.3. The largest absolute Gasteiger partial charge is 0.437 e. The van der Waals surface area contributed by atoms with Crippen LogP contribution in [0.25, 0.3) is 11.1 Å². The molecule has 0 amide bonds. The lowest BCUT2D eigenvalue weighted by Gasteiger charge is -1.96. The fourth-order valence-electron chi connectivity index (χ4n) is 1.77. The molecule has 0 spiro atoms. The van der Waals surface area contributed by atoms with Gasteiger partial charge < -0.3 is 4.42 Å². The second-order valence-electron chi connectivity index (χ2n) is 4.24. The van der Waals surface area contributed by atoms with Crippen LogP contribution in [0.4, 0.5) is 5.69 Å². The van der Waals surface area contributed by atoms with Crippen molar-refractivity contribution in [1.82, 2.24) is 4.98 Å². The van der Waals surface area contributed by atoms with E-state index in [1.54, 1.807) is 30.3 Å². The molecule has 0 bridgehead atoms. The van der Waals surface area contributed by atoms with E-state index < -0.39 is 6.04 Å². The molecule has 0 aliphatic rings. The van der Waals surface area contributed by atoms with Gasteiger partial charge in [-0.2, -0.15) is 15.5 Å². The number of nitriles is 1. The number of hydrogen-bond acceptors (Lipinski definition) is 5. The van der Waals surface area contributed by atoms with Crippen molar-refractivity contribution in [3.8, 4) is 6.07 Å². The van der Waals surface area contributed by atoms with E-state index in [1.807, 2.05) is 24.3 Å². The third-order valence-corrected chi connectivity index (χ3v) is 3.03. The van der Waals surface area contributed by atoms with Gasteiger partial charge >= 0.3 is 0 Å². The second kappa shape index (κ2) is 5.73. The van der Waals surface area contributed by atoms with E-state index in [1.165, 1.54) is 0 Å². The Kier molecular flexibility index (Phi) is 3.63. The highest BCUT2D eigenvalue weighted by molar-refractivity contribution is 6.30. The zero-order valence-corrected chi connectivity index (χ0v) is 11.5. The highest BCUT2D eigenvalue weighted by atomic mass is 35.5. The summed E-state index contributed by atoms with van der Waals surface area (Å²) in [4.78, 5) is 4.25. The molecule has 0 N–H and O–H groups in total. The highest BCUT2D eigenvalue weighted by Gasteiger charge is 2.16. The van der Waals surface area contributed by atoms with Gasteiger partial charge in [0.1, 0.15) is 11.6 Å². The van der Waals surface area contributed by atoms with Gasteiger partial charge in [-0.15, -0.1) is 0 Å². The Morgan fingerprint density at radius 2 is 1.90 bits per heavy atom.